The molecule has 9 nitrogen and oxygen atoms in total. The maximum Gasteiger partial charge on any atom is 0.408 e. The molecule has 3 aliphatic carbocycles. The van der Waals surface area contributed by atoms with Crippen molar-refractivity contribution in [2.24, 2.45) is 23.2 Å². The molecule has 1 spiro atoms. The fraction of sp³-hybridized carbons (Fsp3) is 0.833. The monoisotopic (exact) mass is 498 g/mol. The molecular weight excluding hydrogens is 460 g/mol. The van der Waals surface area contributed by atoms with Crippen LogP contribution < -0.4 is 10.6 Å². The van der Waals surface area contributed by atoms with Crippen LogP contribution in [0.2, 0.25) is 0 Å². The summed E-state index contributed by atoms with van der Waals surface area (Å²) in [4.78, 5) is 51.9. The average molecular weight is 499 g/mol. The third-order valence-electron chi connectivity index (χ3n) is 6.98. The van der Waals surface area contributed by atoms with Crippen molar-refractivity contribution >= 4 is 35.7 Å². The zero-order valence-corrected chi connectivity index (χ0v) is 21.8. The van der Waals surface area contributed by atoms with Gasteiger partial charge in [0.25, 0.3) is 0 Å². The van der Waals surface area contributed by atoms with Gasteiger partial charge in [0.15, 0.2) is 0 Å². The van der Waals surface area contributed by atoms with Gasteiger partial charge >= 0.3 is 18.0 Å². The summed E-state index contributed by atoms with van der Waals surface area (Å²) in [5, 5.41) is 5.63. The molecule has 3 aliphatic rings. The van der Waals surface area contributed by atoms with Crippen LogP contribution in [0.4, 0.5) is 4.79 Å². The highest BCUT2D eigenvalue weighted by molar-refractivity contribution is 7.98. The second-order valence-corrected chi connectivity index (χ2v) is 11.5. The van der Waals surface area contributed by atoms with Crippen molar-refractivity contribution in [1.82, 2.24) is 10.6 Å². The van der Waals surface area contributed by atoms with Crippen molar-refractivity contribution in [2.45, 2.75) is 77.5 Å². The molecule has 0 bridgehead atoms. The van der Waals surface area contributed by atoms with E-state index in [1.165, 1.54) is 0 Å². The minimum Gasteiger partial charge on any atom is -0.466 e. The Morgan fingerprint density at radius 3 is 2.24 bits per heavy atom. The van der Waals surface area contributed by atoms with Crippen molar-refractivity contribution in [3.63, 3.8) is 0 Å². The fourth-order valence-electron chi connectivity index (χ4n) is 5.59. The van der Waals surface area contributed by atoms with Crippen LogP contribution in [0.15, 0.2) is 0 Å². The number of rotatable bonds is 10. The zero-order valence-electron chi connectivity index (χ0n) is 21.0. The Morgan fingerprint density at radius 2 is 1.71 bits per heavy atom. The topological polar surface area (TPSA) is 120 Å². The summed E-state index contributed by atoms with van der Waals surface area (Å²) in [6.07, 6.45) is 3.84. The number of fused-ring (bicyclic) bond motifs is 2. The van der Waals surface area contributed by atoms with Crippen molar-refractivity contribution in [2.75, 3.05) is 25.2 Å². The molecule has 0 radical (unpaired) electrons. The van der Waals surface area contributed by atoms with E-state index in [1.54, 1.807) is 46.4 Å². The smallest absolute Gasteiger partial charge is 0.408 e. The predicted octanol–water partition coefficient (Wildman–Crippen LogP) is 2.66. The summed E-state index contributed by atoms with van der Waals surface area (Å²) >= 11 is 1.55. The predicted molar refractivity (Wildman–Crippen MR) is 127 cm³/mol. The minimum atomic E-state index is -1.31. The highest BCUT2D eigenvalue weighted by atomic mass is 32.2. The summed E-state index contributed by atoms with van der Waals surface area (Å²) in [6.45, 7) is 9.13. The van der Waals surface area contributed by atoms with Crippen molar-refractivity contribution < 1.29 is 33.4 Å². The summed E-state index contributed by atoms with van der Waals surface area (Å²) in [5.74, 6) is -1.48. The normalized spacial score (nSPS) is 28.9. The molecule has 0 aromatic carbocycles. The number of alkyl carbamates (subject to hydrolysis) is 1. The first-order valence-electron chi connectivity index (χ1n) is 12.1. The van der Waals surface area contributed by atoms with Gasteiger partial charge < -0.3 is 24.8 Å². The van der Waals surface area contributed by atoms with Crippen molar-refractivity contribution in [3.05, 3.63) is 0 Å². The standard InChI is InChI=1S/C24H38N2O7S/c1-7-31-19(28)15-16-17(15)24(20(29)32-8-2,13-23(16)10-11-23)26-18(27)14(9-12-34-6)25-21(30)33-22(3,4)5/h14-17H,7-13H2,1-6H3,(H,25,30)(H,26,27)/t14-,15-,16-,17+,24-/m0/s1. The molecule has 34 heavy (non-hydrogen) atoms. The fourth-order valence-corrected chi connectivity index (χ4v) is 6.06. The van der Waals surface area contributed by atoms with E-state index in [1.807, 2.05) is 6.26 Å². The number of ether oxygens (including phenoxy) is 3. The largest absolute Gasteiger partial charge is 0.466 e. The lowest BCUT2D eigenvalue weighted by molar-refractivity contribution is -0.156. The van der Waals surface area contributed by atoms with Gasteiger partial charge in [-0.2, -0.15) is 11.8 Å². The van der Waals surface area contributed by atoms with Gasteiger partial charge in [0, 0.05) is 5.92 Å². The van der Waals surface area contributed by atoms with Gasteiger partial charge in [0.1, 0.15) is 17.2 Å². The number of esters is 2. The Labute approximate surface area is 205 Å². The third kappa shape index (κ3) is 5.31. The molecule has 2 N–H and O–H groups in total. The van der Waals surface area contributed by atoms with Crippen molar-refractivity contribution in [1.29, 1.82) is 0 Å². The lowest BCUT2D eigenvalue weighted by atomic mass is 9.84. The van der Waals surface area contributed by atoms with E-state index in [4.69, 9.17) is 14.2 Å². The number of amides is 2. The van der Waals surface area contributed by atoms with Gasteiger partial charge in [-0.15, -0.1) is 0 Å². The first-order valence-corrected chi connectivity index (χ1v) is 13.5. The van der Waals surface area contributed by atoms with Crippen LogP contribution in [-0.2, 0) is 28.6 Å². The molecule has 2 amide bonds. The minimum absolute atomic E-state index is 0.000261. The Bertz CT molecular complexity index is 823. The number of hydrogen-bond donors (Lipinski definition) is 2. The highest BCUT2D eigenvalue weighted by Gasteiger charge is 2.83. The van der Waals surface area contributed by atoms with Gasteiger partial charge in [0.2, 0.25) is 5.91 Å². The maximum absolute atomic E-state index is 13.5. The summed E-state index contributed by atoms with van der Waals surface area (Å²) in [5.41, 5.74) is -2.16. The molecule has 3 fully saturated rings. The SMILES string of the molecule is CCOC(=O)[C@H]1[C@H]2[C@@H]1[C@](NC(=O)[C@H](CCSC)NC(=O)OC(C)(C)C)(C(=O)OCC)CC21CC1. The second-order valence-electron chi connectivity index (χ2n) is 10.5. The van der Waals surface area contributed by atoms with Gasteiger partial charge in [-0.25, -0.2) is 9.59 Å². The van der Waals surface area contributed by atoms with Crippen LogP contribution in [0.25, 0.3) is 0 Å². The van der Waals surface area contributed by atoms with E-state index < -0.39 is 41.1 Å². The van der Waals surface area contributed by atoms with Gasteiger partial charge in [-0.3, -0.25) is 9.59 Å². The second kappa shape index (κ2) is 9.95. The molecule has 0 aromatic rings. The molecule has 192 valence electrons. The van der Waals surface area contributed by atoms with E-state index in [0.29, 0.717) is 18.6 Å². The third-order valence-corrected chi connectivity index (χ3v) is 7.63. The quantitative estimate of drug-likeness (QED) is 0.348. The Balaban J connectivity index is 1.84. The van der Waals surface area contributed by atoms with Crippen LogP contribution in [0, 0.1) is 23.2 Å². The molecule has 3 saturated carbocycles. The number of thioether (sulfide) groups is 1. The molecule has 0 aliphatic heterocycles. The molecule has 5 atom stereocenters. The van der Waals surface area contributed by atoms with Gasteiger partial charge in [-0.1, -0.05) is 0 Å². The Hall–Kier alpha value is -1.97. The molecule has 3 rings (SSSR count). The summed E-state index contributed by atoms with van der Waals surface area (Å²) < 4.78 is 16.0. The van der Waals surface area contributed by atoms with Gasteiger partial charge in [-0.05, 0) is 83.6 Å². The molecular formula is C24H38N2O7S. The molecule has 0 unspecified atom stereocenters. The molecule has 0 aromatic heterocycles. The summed E-state index contributed by atoms with van der Waals surface area (Å²) in [6, 6.07) is -0.886. The number of hydrogen-bond acceptors (Lipinski definition) is 8. The molecule has 0 saturated heterocycles. The van der Waals surface area contributed by atoms with E-state index in [0.717, 1.165) is 12.8 Å². The van der Waals surface area contributed by atoms with E-state index in [-0.39, 0.29) is 36.4 Å². The zero-order chi connectivity index (χ0) is 25.3. The van der Waals surface area contributed by atoms with Crippen LogP contribution in [0.1, 0.15) is 60.3 Å². The van der Waals surface area contributed by atoms with E-state index >= 15 is 0 Å². The van der Waals surface area contributed by atoms with Crippen LogP contribution in [-0.4, -0.2) is 66.3 Å². The van der Waals surface area contributed by atoms with Crippen LogP contribution >= 0.6 is 11.8 Å². The Kier molecular flexibility index (Phi) is 7.79. The van der Waals surface area contributed by atoms with E-state index in [9.17, 15) is 19.2 Å². The average Bonchev–Trinajstić information content (AvgIpc) is 3.62. The number of nitrogens with one attached hydrogen (secondary N) is 2. The molecule has 0 heterocycles. The highest BCUT2D eigenvalue weighted by Crippen LogP contribution is 2.79. The molecule has 10 heteroatoms. The van der Waals surface area contributed by atoms with Crippen LogP contribution in [0.3, 0.4) is 0 Å². The first kappa shape index (κ1) is 26.6. The van der Waals surface area contributed by atoms with Crippen molar-refractivity contribution in [3.8, 4) is 0 Å². The van der Waals surface area contributed by atoms with Crippen LogP contribution in [0.5, 0.6) is 0 Å². The summed E-state index contributed by atoms with van der Waals surface area (Å²) in [7, 11) is 0. The van der Waals surface area contributed by atoms with E-state index in [2.05, 4.69) is 10.6 Å². The lowest BCUT2D eigenvalue weighted by Gasteiger charge is -2.34. The van der Waals surface area contributed by atoms with Gasteiger partial charge in [0.05, 0.1) is 19.1 Å². The number of carbonyl (C=O) groups is 4. The number of carbonyl (C=O) groups excluding carboxylic acids is 4. The maximum atomic E-state index is 13.5. The Morgan fingerprint density at radius 1 is 1.06 bits per heavy atom. The lowest BCUT2D eigenvalue weighted by Crippen LogP contribution is -2.61. The first-order chi connectivity index (χ1) is 15.9.